The lowest BCUT2D eigenvalue weighted by atomic mass is 9.63. The zero-order valence-corrected chi connectivity index (χ0v) is 19.0. The van der Waals surface area contributed by atoms with E-state index in [-0.39, 0.29) is 17.5 Å². The van der Waals surface area contributed by atoms with E-state index in [0.29, 0.717) is 37.2 Å². The van der Waals surface area contributed by atoms with E-state index in [1.807, 2.05) is 32.0 Å². The van der Waals surface area contributed by atoms with Gasteiger partial charge in [0.25, 0.3) is 5.91 Å². The number of amides is 1. The largest absolute Gasteiger partial charge is 0.496 e. The predicted octanol–water partition coefficient (Wildman–Crippen LogP) is 3.84. The molecule has 2 fully saturated rings. The Morgan fingerprint density at radius 2 is 1.66 bits per heavy atom. The Morgan fingerprint density at radius 3 is 2.22 bits per heavy atom. The van der Waals surface area contributed by atoms with Crippen molar-refractivity contribution < 1.29 is 19.1 Å². The summed E-state index contributed by atoms with van der Waals surface area (Å²) >= 11 is 0. The second-order valence-corrected chi connectivity index (χ2v) is 8.98. The molecule has 5 heteroatoms. The molecule has 32 heavy (non-hydrogen) atoms. The summed E-state index contributed by atoms with van der Waals surface area (Å²) in [6, 6.07) is 11.0. The summed E-state index contributed by atoms with van der Waals surface area (Å²) in [6.45, 7) is 6.48. The minimum atomic E-state index is -0.719. The van der Waals surface area contributed by atoms with Gasteiger partial charge in [0.1, 0.15) is 23.2 Å². The van der Waals surface area contributed by atoms with Gasteiger partial charge in [-0.1, -0.05) is 18.1 Å². The smallest absolute Gasteiger partial charge is 0.257 e. The van der Waals surface area contributed by atoms with Crippen molar-refractivity contribution in [1.29, 1.82) is 0 Å². The van der Waals surface area contributed by atoms with Crippen molar-refractivity contribution in [3.63, 3.8) is 0 Å². The predicted molar refractivity (Wildman–Crippen MR) is 122 cm³/mol. The van der Waals surface area contributed by atoms with E-state index in [4.69, 9.17) is 4.74 Å². The molecule has 0 atom stereocenters. The average Bonchev–Trinajstić information content (AvgIpc) is 2.73. The Morgan fingerprint density at radius 1 is 1.06 bits per heavy atom. The van der Waals surface area contributed by atoms with Gasteiger partial charge in [-0.2, -0.15) is 0 Å². The van der Waals surface area contributed by atoms with Crippen molar-refractivity contribution in [3.05, 3.63) is 64.2 Å². The van der Waals surface area contributed by atoms with Crippen molar-refractivity contribution in [2.45, 2.75) is 39.5 Å². The lowest BCUT2D eigenvalue weighted by Gasteiger charge is -2.52. The molecule has 1 aliphatic carbocycles. The molecular weight excluding hydrogens is 402 g/mol. The Hall–Kier alpha value is -3.39. The van der Waals surface area contributed by atoms with E-state index in [0.717, 1.165) is 22.3 Å². The maximum atomic E-state index is 13.2. The number of Topliss-reactive ketones (excluding diaryl/α,β-unsaturated/α-hetero) is 2. The molecule has 1 saturated heterocycles. The summed E-state index contributed by atoms with van der Waals surface area (Å²) in [5, 5.41) is 0. The van der Waals surface area contributed by atoms with Gasteiger partial charge in [0.15, 0.2) is 0 Å². The molecule has 0 radical (unpaired) electrons. The number of benzene rings is 2. The molecule has 1 spiro atoms. The summed E-state index contributed by atoms with van der Waals surface area (Å²) in [4.78, 5) is 41.0. The van der Waals surface area contributed by atoms with Gasteiger partial charge in [-0.15, -0.1) is 5.92 Å². The molecule has 164 valence electrons. The number of likely N-dealkylation sites (tertiary alicyclic amines) is 1. The van der Waals surface area contributed by atoms with Gasteiger partial charge in [-0.3, -0.25) is 14.4 Å². The van der Waals surface area contributed by atoms with Crippen LogP contribution in [0.2, 0.25) is 0 Å². The van der Waals surface area contributed by atoms with E-state index in [1.54, 1.807) is 30.0 Å². The van der Waals surface area contributed by atoms with Gasteiger partial charge >= 0.3 is 0 Å². The van der Waals surface area contributed by atoms with Crippen molar-refractivity contribution in [2.75, 3.05) is 20.2 Å². The third kappa shape index (κ3) is 3.71. The summed E-state index contributed by atoms with van der Waals surface area (Å²) < 4.78 is 5.30. The van der Waals surface area contributed by atoms with Crippen LogP contribution in [-0.2, 0) is 9.59 Å². The van der Waals surface area contributed by atoms with Crippen LogP contribution in [0, 0.1) is 31.1 Å². The molecular formula is C27H27NO4. The van der Waals surface area contributed by atoms with Crippen LogP contribution in [0.25, 0.3) is 0 Å². The number of hydrogen-bond acceptors (Lipinski definition) is 4. The quantitative estimate of drug-likeness (QED) is 0.549. The first kappa shape index (κ1) is 21.8. The van der Waals surface area contributed by atoms with Gasteiger partial charge in [0.2, 0.25) is 0 Å². The topological polar surface area (TPSA) is 63.7 Å². The zero-order valence-electron chi connectivity index (χ0n) is 19.0. The Balaban J connectivity index is 1.51. The van der Waals surface area contributed by atoms with Crippen LogP contribution in [-0.4, -0.2) is 42.6 Å². The first-order valence-corrected chi connectivity index (χ1v) is 10.8. The van der Waals surface area contributed by atoms with Gasteiger partial charge < -0.3 is 9.64 Å². The van der Waals surface area contributed by atoms with Gasteiger partial charge in [0.05, 0.1) is 12.7 Å². The minimum absolute atomic E-state index is 0.0498. The number of rotatable bonds is 3. The number of ether oxygens (including phenoxy) is 1. The molecule has 0 aromatic heterocycles. The van der Waals surface area contributed by atoms with E-state index >= 15 is 0 Å². The fraction of sp³-hybridized carbons (Fsp3) is 0.370. The van der Waals surface area contributed by atoms with Crippen LogP contribution >= 0.6 is 0 Å². The second kappa shape index (κ2) is 8.27. The molecule has 5 nitrogen and oxygen atoms in total. The Kier molecular flexibility index (Phi) is 5.64. The summed E-state index contributed by atoms with van der Waals surface area (Å²) in [7, 11) is 1.54. The van der Waals surface area contributed by atoms with E-state index in [2.05, 4.69) is 11.8 Å². The molecule has 4 rings (SSSR count). The van der Waals surface area contributed by atoms with Gasteiger partial charge in [-0.25, -0.2) is 0 Å². The molecule has 2 aromatic carbocycles. The Bertz CT molecular complexity index is 1130. The summed E-state index contributed by atoms with van der Waals surface area (Å²) in [5.41, 5.74) is 3.61. The van der Waals surface area contributed by atoms with E-state index in [9.17, 15) is 14.4 Å². The molecule has 1 amide bonds. The maximum absolute atomic E-state index is 13.2. The number of ketones is 2. The summed E-state index contributed by atoms with van der Waals surface area (Å²) in [6.07, 6.45) is 0.628. The van der Waals surface area contributed by atoms with Crippen LogP contribution in [0.3, 0.4) is 0 Å². The highest BCUT2D eigenvalue weighted by Gasteiger charge is 2.53. The van der Waals surface area contributed by atoms with Crippen molar-refractivity contribution in [2.24, 2.45) is 5.41 Å². The van der Waals surface area contributed by atoms with Crippen molar-refractivity contribution in [1.82, 2.24) is 4.90 Å². The van der Waals surface area contributed by atoms with Crippen LogP contribution < -0.4 is 4.74 Å². The number of carbonyl (C=O) groups is 3. The number of nitrogens with zero attached hydrogens (tertiary/aromatic N) is 1. The maximum Gasteiger partial charge on any atom is 0.257 e. The molecule has 2 aromatic rings. The third-order valence-corrected chi connectivity index (χ3v) is 6.57. The zero-order chi connectivity index (χ0) is 23.0. The fourth-order valence-corrected chi connectivity index (χ4v) is 5.28. The highest BCUT2D eigenvalue weighted by Crippen LogP contribution is 2.46. The van der Waals surface area contributed by atoms with Crippen LogP contribution in [0.1, 0.15) is 58.3 Å². The van der Waals surface area contributed by atoms with E-state index < -0.39 is 11.3 Å². The third-order valence-electron chi connectivity index (χ3n) is 6.57. The molecule has 0 unspecified atom stereocenters. The highest BCUT2D eigenvalue weighted by molar-refractivity contribution is 6.11. The van der Waals surface area contributed by atoms with Crippen LogP contribution in [0.15, 0.2) is 36.4 Å². The van der Waals surface area contributed by atoms with Crippen LogP contribution in [0.4, 0.5) is 0 Å². The number of carbonyl (C=O) groups excluding carboxylic acids is 3. The average molecular weight is 430 g/mol. The van der Waals surface area contributed by atoms with Crippen molar-refractivity contribution in [3.8, 4) is 17.6 Å². The minimum Gasteiger partial charge on any atom is -0.496 e. The molecule has 2 aliphatic rings. The molecule has 1 heterocycles. The monoisotopic (exact) mass is 429 g/mol. The lowest BCUT2D eigenvalue weighted by Crippen LogP contribution is -2.62. The van der Waals surface area contributed by atoms with Gasteiger partial charge in [-0.05, 0) is 61.7 Å². The normalized spacial score (nSPS) is 17.6. The molecule has 0 bridgehead atoms. The number of methoxy groups -OCH3 is 1. The fourth-order valence-electron chi connectivity index (χ4n) is 5.28. The first-order chi connectivity index (χ1) is 15.3. The lowest BCUT2D eigenvalue weighted by molar-refractivity contribution is -0.141. The van der Waals surface area contributed by atoms with E-state index in [1.165, 1.54) is 7.11 Å². The van der Waals surface area contributed by atoms with Crippen LogP contribution in [0.5, 0.6) is 5.75 Å². The number of hydrogen-bond donors (Lipinski definition) is 0. The molecule has 0 N–H and O–H groups in total. The standard InChI is InChI=1S/C27H27NO4/c1-5-8-19-11-17(2)24(18(3)12-19)25-21(29)13-27(14-22(25)30)15-28(16-27)26(31)20-9-6-7-10-23(20)32-4/h6-7,9-12,25H,13-16H2,1-4H3. The van der Waals surface area contributed by atoms with Gasteiger partial charge in [0, 0.05) is 36.9 Å². The molecule has 1 saturated carbocycles. The Labute approximate surface area is 188 Å². The van der Waals surface area contributed by atoms with Crippen molar-refractivity contribution >= 4 is 17.5 Å². The molecule has 1 aliphatic heterocycles. The number of para-hydroxylation sites is 1. The first-order valence-electron chi connectivity index (χ1n) is 10.8. The second-order valence-electron chi connectivity index (χ2n) is 8.98. The summed E-state index contributed by atoms with van der Waals surface area (Å²) in [5.74, 6) is 5.51. The highest BCUT2D eigenvalue weighted by atomic mass is 16.5. The SMILES string of the molecule is CC#Cc1cc(C)c(C2C(=O)CC3(CC2=O)CN(C(=O)c2ccccc2OC)C3)c(C)c1. The number of aryl methyl sites for hydroxylation is 2.